The zero-order valence-electron chi connectivity index (χ0n) is 9.71. The molecule has 0 radical (unpaired) electrons. The first-order valence-corrected chi connectivity index (χ1v) is 5.90. The highest BCUT2D eigenvalue weighted by atomic mass is 16.5. The first kappa shape index (κ1) is 11.6. The van der Waals surface area contributed by atoms with Crippen LogP contribution in [0.4, 0.5) is 0 Å². The van der Waals surface area contributed by atoms with E-state index in [4.69, 9.17) is 4.74 Å². The van der Waals surface area contributed by atoms with Gasteiger partial charge >= 0.3 is 5.97 Å². The zero-order chi connectivity index (χ0) is 11.9. The Kier molecular flexibility index (Phi) is 4.14. The molecule has 0 aromatic heterocycles. The van der Waals surface area contributed by atoms with Gasteiger partial charge in [-0.25, -0.2) is 0 Å². The predicted octanol–water partition coefficient (Wildman–Crippen LogP) is 3.25. The summed E-state index contributed by atoms with van der Waals surface area (Å²) in [4.78, 5) is 11.5. The van der Waals surface area contributed by atoms with Crippen LogP contribution < -0.4 is 0 Å². The molecule has 0 N–H and O–H groups in total. The van der Waals surface area contributed by atoms with Crippen molar-refractivity contribution in [2.24, 2.45) is 5.92 Å². The third kappa shape index (κ3) is 3.59. The van der Waals surface area contributed by atoms with Crippen LogP contribution >= 0.6 is 0 Å². The summed E-state index contributed by atoms with van der Waals surface area (Å²) in [6.45, 7) is 0. The van der Waals surface area contributed by atoms with Gasteiger partial charge < -0.3 is 4.74 Å². The van der Waals surface area contributed by atoms with E-state index in [0.29, 0.717) is 0 Å². The van der Waals surface area contributed by atoms with E-state index in [1.54, 1.807) is 0 Å². The van der Waals surface area contributed by atoms with Gasteiger partial charge in [-0.05, 0) is 30.9 Å². The van der Waals surface area contributed by atoms with Crippen molar-refractivity contribution in [3.8, 4) is 0 Å². The largest absolute Gasteiger partial charge is 0.435 e. The molecule has 0 heterocycles. The minimum atomic E-state index is -0.126. The number of esters is 1. The molecule has 1 aromatic rings. The zero-order valence-corrected chi connectivity index (χ0v) is 9.71. The van der Waals surface area contributed by atoms with Gasteiger partial charge in [0, 0.05) is 0 Å². The molecular formula is C15H16O2. The predicted molar refractivity (Wildman–Crippen MR) is 67.2 cm³/mol. The molecule has 88 valence electrons. The Balaban J connectivity index is 1.73. The third-order valence-electron chi connectivity index (χ3n) is 2.82. The van der Waals surface area contributed by atoms with Crippen molar-refractivity contribution in [3.05, 3.63) is 60.4 Å². The van der Waals surface area contributed by atoms with Crippen LogP contribution in [0.25, 0.3) is 0 Å². The summed E-state index contributed by atoms with van der Waals surface area (Å²) >= 11 is 0. The number of hydrogen-bond acceptors (Lipinski definition) is 2. The minimum Gasteiger partial charge on any atom is -0.435 e. The fourth-order valence-corrected chi connectivity index (χ4v) is 1.82. The molecule has 0 bridgehead atoms. The number of ether oxygens (including phenoxy) is 1. The van der Waals surface area contributed by atoms with E-state index < -0.39 is 0 Å². The SMILES string of the molecule is O=C(OC=CCc1ccccc1)C1CC=CC1. The molecule has 2 nitrogen and oxygen atoms in total. The van der Waals surface area contributed by atoms with Crippen molar-refractivity contribution in [2.45, 2.75) is 19.3 Å². The van der Waals surface area contributed by atoms with E-state index in [1.807, 2.05) is 48.6 Å². The maximum absolute atomic E-state index is 11.5. The highest BCUT2D eigenvalue weighted by molar-refractivity contribution is 5.74. The molecule has 2 heteroatoms. The summed E-state index contributed by atoms with van der Waals surface area (Å²) in [7, 11) is 0. The maximum atomic E-state index is 11.5. The molecule has 1 aromatic carbocycles. The van der Waals surface area contributed by atoms with Crippen molar-refractivity contribution >= 4 is 5.97 Å². The van der Waals surface area contributed by atoms with E-state index in [9.17, 15) is 4.79 Å². The van der Waals surface area contributed by atoms with Crippen molar-refractivity contribution in [2.75, 3.05) is 0 Å². The smallest absolute Gasteiger partial charge is 0.314 e. The molecule has 1 aliphatic carbocycles. The lowest BCUT2D eigenvalue weighted by atomic mass is 10.1. The van der Waals surface area contributed by atoms with Crippen molar-refractivity contribution in [3.63, 3.8) is 0 Å². The van der Waals surface area contributed by atoms with Crippen molar-refractivity contribution < 1.29 is 9.53 Å². The number of carbonyl (C=O) groups excluding carboxylic acids is 1. The topological polar surface area (TPSA) is 26.3 Å². The summed E-state index contributed by atoms with van der Waals surface area (Å²) < 4.78 is 5.09. The molecule has 0 unspecified atom stereocenters. The van der Waals surface area contributed by atoms with Crippen LogP contribution in [0.5, 0.6) is 0 Å². The number of carbonyl (C=O) groups is 1. The van der Waals surface area contributed by atoms with Gasteiger partial charge in [-0.1, -0.05) is 42.5 Å². The Labute approximate surface area is 102 Å². The summed E-state index contributed by atoms with van der Waals surface area (Å²) in [6, 6.07) is 10.1. The molecule has 0 saturated heterocycles. The van der Waals surface area contributed by atoms with Crippen LogP contribution in [-0.2, 0) is 16.0 Å². The Hall–Kier alpha value is -1.83. The van der Waals surface area contributed by atoms with Gasteiger partial charge in [0.25, 0.3) is 0 Å². The normalized spacial score (nSPS) is 15.5. The highest BCUT2D eigenvalue weighted by Crippen LogP contribution is 2.19. The Morgan fingerprint density at radius 1 is 1.24 bits per heavy atom. The van der Waals surface area contributed by atoms with Gasteiger partial charge in [-0.15, -0.1) is 0 Å². The lowest BCUT2D eigenvalue weighted by molar-refractivity contribution is -0.142. The van der Waals surface area contributed by atoms with Crippen molar-refractivity contribution in [1.82, 2.24) is 0 Å². The first-order valence-electron chi connectivity index (χ1n) is 5.90. The van der Waals surface area contributed by atoms with Crippen LogP contribution in [0.3, 0.4) is 0 Å². The van der Waals surface area contributed by atoms with Gasteiger partial charge in [-0.3, -0.25) is 4.79 Å². The molecule has 17 heavy (non-hydrogen) atoms. The standard InChI is InChI=1S/C15H16O2/c16-15(14-10-4-5-11-14)17-12-6-9-13-7-2-1-3-8-13/h1-8,12,14H,9-11H2. The fourth-order valence-electron chi connectivity index (χ4n) is 1.82. The molecule has 0 aliphatic heterocycles. The minimum absolute atomic E-state index is 0.0244. The van der Waals surface area contributed by atoms with E-state index in [-0.39, 0.29) is 11.9 Å². The highest BCUT2D eigenvalue weighted by Gasteiger charge is 2.19. The van der Waals surface area contributed by atoms with E-state index >= 15 is 0 Å². The summed E-state index contributed by atoms with van der Waals surface area (Å²) in [5.41, 5.74) is 1.21. The second kappa shape index (κ2) is 6.04. The number of allylic oxidation sites excluding steroid dienone is 3. The molecule has 1 aliphatic rings. The Morgan fingerprint density at radius 3 is 2.65 bits per heavy atom. The molecule has 2 rings (SSSR count). The van der Waals surface area contributed by atoms with Crippen molar-refractivity contribution in [1.29, 1.82) is 0 Å². The number of hydrogen-bond donors (Lipinski definition) is 0. The van der Waals surface area contributed by atoms with Crippen LogP contribution in [0.1, 0.15) is 18.4 Å². The van der Waals surface area contributed by atoms with Crippen LogP contribution in [0.2, 0.25) is 0 Å². The average molecular weight is 228 g/mol. The summed E-state index contributed by atoms with van der Waals surface area (Å²) in [5, 5.41) is 0. The monoisotopic (exact) mass is 228 g/mol. The van der Waals surface area contributed by atoms with Gasteiger partial charge in [0.05, 0.1) is 12.2 Å². The van der Waals surface area contributed by atoms with Gasteiger partial charge in [0.15, 0.2) is 0 Å². The van der Waals surface area contributed by atoms with E-state index in [2.05, 4.69) is 0 Å². The molecule has 0 amide bonds. The summed E-state index contributed by atoms with van der Waals surface area (Å²) in [6.07, 6.45) is 9.84. The molecule has 0 atom stereocenters. The number of rotatable bonds is 4. The first-order chi connectivity index (χ1) is 8.36. The fraction of sp³-hybridized carbons (Fsp3) is 0.267. The second-order valence-corrected chi connectivity index (χ2v) is 4.14. The Bertz CT molecular complexity index is 410. The Morgan fingerprint density at radius 2 is 1.94 bits per heavy atom. The van der Waals surface area contributed by atoms with E-state index in [0.717, 1.165) is 19.3 Å². The van der Waals surface area contributed by atoms with Crippen LogP contribution in [0, 0.1) is 5.92 Å². The molecular weight excluding hydrogens is 212 g/mol. The quantitative estimate of drug-likeness (QED) is 0.449. The van der Waals surface area contributed by atoms with Crippen LogP contribution in [-0.4, -0.2) is 5.97 Å². The number of benzene rings is 1. The third-order valence-corrected chi connectivity index (χ3v) is 2.82. The van der Waals surface area contributed by atoms with E-state index in [1.165, 1.54) is 11.8 Å². The van der Waals surface area contributed by atoms with Gasteiger partial charge in [0.2, 0.25) is 0 Å². The lowest BCUT2D eigenvalue weighted by Crippen LogP contribution is -2.11. The molecule has 0 fully saturated rings. The van der Waals surface area contributed by atoms with Crippen LogP contribution in [0.15, 0.2) is 54.8 Å². The molecule has 0 saturated carbocycles. The van der Waals surface area contributed by atoms with Gasteiger partial charge in [-0.2, -0.15) is 0 Å². The lowest BCUT2D eigenvalue weighted by Gasteiger charge is -2.05. The van der Waals surface area contributed by atoms with Gasteiger partial charge in [0.1, 0.15) is 0 Å². The molecule has 0 spiro atoms. The maximum Gasteiger partial charge on any atom is 0.314 e. The second-order valence-electron chi connectivity index (χ2n) is 4.14. The summed E-state index contributed by atoms with van der Waals surface area (Å²) in [5.74, 6) is -0.101. The average Bonchev–Trinajstić information content (AvgIpc) is 2.89.